The van der Waals surface area contributed by atoms with Gasteiger partial charge >= 0.3 is 0 Å². The van der Waals surface area contributed by atoms with Crippen molar-refractivity contribution in [1.82, 2.24) is 0 Å². The molecule has 0 aliphatic heterocycles. The highest BCUT2D eigenvalue weighted by atomic mass is 79.9. The highest BCUT2D eigenvalue weighted by Gasteiger charge is 2.00. The van der Waals surface area contributed by atoms with Gasteiger partial charge in [-0.25, -0.2) is 0 Å². The Hall–Kier alpha value is -1.01. The predicted molar refractivity (Wildman–Crippen MR) is 85.3 cm³/mol. The molecule has 0 saturated heterocycles. The molecule has 1 rings (SSSR count). The van der Waals surface area contributed by atoms with Crippen LogP contribution in [-0.4, -0.2) is 6.54 Å². The zero-order chi connectivity index (χ0) is 14.1. The van der Waals surface area contributed by atoms with Crippen molar-refractivity contribution >= 4 is 21.6 Å². The fourth-order valence-corrected chi connectivity index (χ4v) is 2.45. The number of nitrogens with one attached hydrogen (secondary N) is 1. The van der Waals surface area contributed by atoms with Crippen molar-refractivity contribution in [2.24, 2.45) is 5.92 Å². The second-order valence-electron chi connectivity index (χ2n) is 5.33. The Kier molecular flexibility index (Phi) is 7.59. The number of hydrogen-bond donors (Lipinski definition) is 1. The Morgan fingerprint density at radius 2 is 1.95 bits per heavy atom. The summed E-state index contributed by atoms with van der Waals surface area (Å²) in [5.74, 6) is 0.828. The van der Waals surface area contributed by atoms with Gasteiger partial charge in [-0.05, 0) is 46.5 Å². The number of anilines is 1. The molecule has 1 aromatic rings. The van der Waals surface area contributed by atoms with Crippen LogP contribution in [0, 0.1) is 17.2 Å². The van der Waals surface area contributed by atoms with Crippen molar-refractivity contribution in [3.63, 3.8) is 0 Å². The molecule has 104 valence electrons. The SMILES string of the molecule is CC(C)CCCCCCNc1ccc(C#N)c(Br)c1. The van der Waals surface area contributed by atoms with E-state index in [1.54, 1.807) is 0 Å². The number of nitriles is 1. The molecule has 0 fully saturated rings. The van der Waals surface area contributed by atoms with Crippen LogP contribution in [0.3, 0.4) is 0 Å². The number of halogens is 1. The first-order valence-corrected chi connectivity index (χ1v) is 7.86. The fourth-order valence-electron chi connectivity index (χ4n) is 1.98. The average Bonchev–Trinajstić information content (AvgIpc) is 2.37. The summed E-state index contributed by atoms with van der Waals surface area (Å²) >= 11 is 3.40. The first-order valence-electron chi connectivity index (χ1n) is 7.07. The van der Waals surface area contributed by atoms with Crippen LogP contribution in [-0.2, 0) is 0 Å². The lowest BCUT2D eigenvalue weighted by molar-refractivity contribution is 0.523. The lowest BCUT2D eigenvalue weighted by Gasteiger charge is -2.08. The van der Waals surface area contributed by atoms with Crippen LogP contribution in [0.2, 0.25) is 0 Å². The van der Waals surface area contributed by atoms with Gasteiger partial charge in [0.25, 0.3) is 0 Å². The van der Waals surface area contributed by atoms with E-state index in [2.05, 4.69) is 41.2 Å². The molecule has 0 aromatic heterocycles. The summed E-state index contributed by atoms with van der Waals surface area (Å²) in [5.41, 5.74) is 1.76. The van der Waals surface area contributed by atoms with Gasteiger partial charge in [-0.15, -0.1) is 0 Å². The quantitative estimate of drug-likeness (QED) is 0.656. The summed E-state index contributed by atoms with van der Waals surface area (Å²) in [7, 11) is 0. The van der Waals surface area contributed by atoms with Gasteiger partial charge in [0.15, 0.2) is 0 Å². The minimum Gasteiger partial charge on any atom is -0.385 e. The summed E-state index contributed by atoms with van der Waals surface area (Å²) < 4.78 is 0.858. The fraction of sp³-hybridized carbons (Fsp3) is 0.562. The molecule has 19 heavy (non-hydrogen) atoms. The average molecular weight is 323 g/mol. The molecule has 0 atom stereocenters. The van der Waals surface area contributed by atoms with Crippen LogP contribution in [0.25, 0.3) is 0 Å². The summed E-state index contributed by atoms with van der Waals surface area (Å²) in [6.07, 6.45) is 6.51. The monoisotopic (exact) mass is 322 g/mol. The van der Waals surface area contributed by atoms with E-state index in [9.17, 15) is 0 Å². The minimum atomic E-state index is 0.680. The first kappa shape index (κ1) is 16.0. The van der Waals surface area contributed by atoms with Crippen LogP contribution >= 0.6 is 15.9 Å². The molecule has 0 aliphatic rings. The summed E-state index contributed by atoms with van der Waals surface area (Å²) in [6, 6.07) is 7.92. The van der Waals surface area contributed by atoms with Gasteiger partial charge in [0, 0.05) is 16.7 Å². The van der Waals surface area contributed by atoms with Crippen LogP contribution < -0.4 is 5.32 Å². The van der Waals surface area contributed by atoms with E-state index in [-0.39, 0.29) is 0 Å². The van der Waals surface area contributed by atoms with E-state index in [1.807, 2.05) is 18.2 Å². The molecular formula is C16H23BrN2. The molecule has 1 N–H and O–H groups in total. The maximum atomic E-state index is 8.84. The van der Waals surface area contributed by atoms with Gasteiger partial charge in [-0.2, -0.15) is 5.26 Å². The van der Waals surface area contributed by atoms with Crippen molar-refractivity contribution < 1.29 is 0 Å². The predicted octanol–water partition coefficient (Wildman–Crippen LogP) is 5.34. The highest BCUT2D eigenvalue weighted by molar-refractivity contribution is 9.10. The first-order chi connectivity index (χ1) is 9.13. The van der Waals surface area contributed by atoms with E-state index in [1.165, 1.54) is 32.1 Å². The molecule has 0 saturated carbocycles. The van der Waals surface area contributed by atoms with E-state index in [0.717, 1.165) is 22.6 Å². The Labute approximate surface area is 125 Å². The maximum Gasteiger partial charge on any atom is 0.100 e. The molecule has 2 nitrogen and oxygen atoms in total. The second-order valence-corrected chi connectivity index (χ2v) is 6.18. The molecule has 3 heteroatoms. The van der Waals surface area contributed by atoms with Gasteiger partial charge in [0.1, 0.15) is 6.07 Å². The van der Waals surface area contributed by atoms with Crippen molar-refractivity contribution in [1.29, 1.82) is 5.26 Å². The normalized spacial score (nSPS) is 10.5. The zero-order valence-corrected chi connectivity index (χ0v) is 13.5. The molecule has 0 heterocycles. The van der Waals surface area contributed by atoms with Crippen LogP contribution in [0.15, 0.2) is 22.7 Å². The van der Waals surface area contributed by atoms with Gasteiger partial charge in [0.05, 0.1) is 5.56 Å². The minimum absolute atomic E-state index is 0.680. The van der Waals surface area contributed by atoms with Gasteiger partial charge in [-0.3, -0.25) is 0 Å². The molecule has 0 bridgehead atoms. The third-order valence-corrected chi connectivity index (χ3v) is 3.78. The lowest BCUT2D eigenvalue weighted by atomic mass is 10.0. The van der Waals surface area contributed by atoms with Gasteiger partial charge in [0.2, 0.25) is 0 Å². The van der Waals surface area contributed by atoms with E-state index in [0.29, 0.717) is 5.56 Å². The second kappa shape index (κ2) is 8.98. The van der Waals surface area contributed by atoms with E-state index in [4.69, 9.17) is 5.26 Å². The standard InChI is InChI=1S/C16H23BrN2/c1-13(2)7-5-3-4-6-10-19-15-9-8-14(12-18)16(17)11-15/h8-9,11,13,19H,3-7,10H2,1-2H3. The van der Waals surface area contributed by atoms with Gasteiger partial charge < -0.3 is 5.32 Å². The van der Waals surface area contributed by atoms with Crippen molar-refractivity contribution in [2.75, 3.05) is 11.9 Å². The maximum absolute atomic E-state index is 8.84. The van der Waals surface area contributed by atoms with Crippen molar-refractivity contribution in [3.8, 4) is 6.07 Å². The summed E-state index contributed by atoms with van der Waals surface area (Å²) in [6.45, 7) is 5.56. The largest absolute Gasteiger partial charge is 0.385 e. The van der Waals surface area contributed by atoms with Crippen molar-refractivity contribution in [3.05, 3.63) is 28.2 Å². The van der Waals surface area contributed by atoms with Crippen LogP contribution in [0.5, 0.6) is 0 Å². The molecule has 0 radical (unpaired) electrons. The Morgan fingerprint density at radius 3 is 2.58 bits per heavy atom. The number of hydrogen-bond acceptors (Lipinski definition) is 2. The van der Waals surface area contributed by atoms with Crippen molar-refractivity contribution in [2.45, 2.75) is 46.0 Å². The molecule has 0 amide bonds. The summed E-state index contributed by atoms with van der Waals surface area (Å²) in [5, 5.41) is 12.2. The Morgan fingerprint density at radius 1 is 1.21 bits per heavy atom. The topological polar surface area (TPSA) is 35.8 Å². The molecule has 1 aromatic carbocycles. The third-order valence-electron chi connectivity index (χ3n) is 3.13. The third kappa shape index (κ3) is 6.63. The number of nitrogens with zero attached hydrogens (tertiary/aromatic N) is 1. The van der Waals surface area contributed by atoms with Gasteiger partial charge in [-0.1, -0.05) is 39.5 Å². The molecular weight excluding hydrogens is 300 g/mol. The van der Waals surface area contributed by atoms with Crippen LogP contribution in [0.4, 0.5) is 5.69 Å². The Balaban J connectivity index is 2.16. The van der Waals surface area contributed by atoms with Crippen LogP contribution in [0.1, 0.15) is 51.5 Å². The molecule has 0 spiro atoms. The molecule has 0 aliphatic carbocycles. The number of benzene rings is 1. The number of unbranched alkanes of at least 4 members (excludes halogenated alkanes) is 3. The number of rotatable bonds is 8. The highest BCUT2D eigenvalue weighted by Crippen LogP contribution is 2.20. The zero-order valence-electron chi connectivity index (χ0n) is 11.9. The summed E-state index contributed by atoms with van der Waals surface area (Å²) in [4.78, 5) is 0. The molecule has 0 unspecified atom stereocenters. The Bertz CT molecular complexity index is 421. The smallest absolute Gasteiger partial charge is 0.100 e. The van der Waals surface area contributed by atoms with E-state index < -0.39 is 0 Å². The lowest BCUT2D eigenvalue weighted by Crippen LogP contribution is -2.01. The van der Waals surface area contributed by atoms with E-state index >= 15 is 0 Å².